The number of hydrazine groups is 1. The van der Waals surface area contributed by atoms with Crippen molar-refractivity contribution in [3.63, 3.8) is 0 Å². The van der Waals surface area contributed by atoms with Crippen molar-refractivity contribution >= 4 is 0 Å². The predicted molar refractivity (Wildman–Crippen MR) is 64.0 cm³/mol. The van der Waals surface area contributed by atoms with Gasteiger partial charge in [0.2, 0.25) is 0 Å². The Bertz CT molecular complexity index is 360. The van der Waals surface area contributed by atoms with Crippen molar-refractivity contribution in [1.82, 2.24) is 5.43 Å². The van der Waals surface area contributed by atoms with Crippen LogP contribution in [0.1, 0.15) is 43.9 Å². The van der Waals surface area contributed by atoms with E-state index < -0.39 is 0 Å². The molecule has 3 N–H and O–H groups in total. The molecule has 0 bridgehead atoms. The zero-order valence-electron chi connectivity index (χ0n) is 10.0. The molecule has 0 radical (unpaired) electrons. The zero-order chi connectivity index (χ0) is 11.7. The van der Waals surface area contributed by atoms with Crippen molar-refractivity contribution in [3.8, 4) is 0 Å². The van der Waals surface area contributed by atoms with E-state index in [4.69, 9.17) is 15.0 Å². The molecule has 1 aliphatic heterocycles. The smallest absolute Gasteiger partial charge is 0.122 e. The van der Waals surface area contributed by atoms with Gasteiger partial charge in [-0.3, -0.25) is 5.84 Å². The van der Waals surface area contributed by atoms with Gasteiger partial charge in [0.15, 0.2) is 0 Å². The van der Waals surface area contributed by atoms with Gasteiger partial charge in [0.25, 0.3) is 0 Å². The Labute approximate surface area is 101 Å². The third-order valence-electron chi connectivity index (χ3n) is 4.30. The van der Waals surface area contributed by atoms with E-state index in [-0.39, 0.29) is 11.6 Å². The molecule has 1 saturated carbocycles. The number of nitrogens with two attached hydrogens (primary N) is 1. The summed E-state index contributed by atoms with van der Waals surface area (Å²) in [6.07, 6.45) is 7.57. The molecule has 1 saturated heterocycles. The molecule has 4 heteroatoms. The van der Waals surface area contributed by atoms with Crippen LogP contribution in [-0.2, 0) is 4.74 Å². The maximum absolute atomic E-state index is 5.94. The average molecular weight is 236 g/mol. The fourth-order valence-corrected chi connectivity index (χ4v) is 3.19. The Balaban J connectivity index is 1.73. The van der Waals surface area contributed by atoms with Crippen LogP contribution >= 0.6 is 0 Å². The number of ether oxygens (including phenoxy) is 1. The molecule has 1 aromatic heterocycles. The van der Waals surface area contributed by atoms with Crippen molar-refractivity contribution in [1.29, 1.82) is 0 Å². The summed E-state index contributed by atoms with van der Waals surface area (Å²) in [4.78, 5) is 0. The highest BCUT2D eigenvalue weighted by Crippen LogP contribution is 2.47. The predicted octanol–water partition coefficient (Wildman–Crippen LogP) is 2.13. The van der Waals surface area contributed by atoms with E-state index in [0.29, 0.717) is 5.92 Å². The lowest BCUT2D eigenvalue weighted by Crippen LogP contribution is -2.48. The quantitative estimate of drug-likeness (QED) is 0.623. The number of rotatable bonds is 3. The van der Waals surface area contributed by atoms with Crippen LogP contribution < -0.4 is 11.3 Å². The lowest BCUT2D eigenvalue weighted by Gasteiger charge is -2.48. The number of hydrogen-bond donors (Lipinski definition) is 2. The van der Waals surface area contributed by atoms with E-state index >= 15 is 0 Å². The second-order valence-corrected chi connectivity index (χ2v) is 5.30. The first-order chi connectivity index (χ1) is 8.33. The van der Waals surface area contributed by atoms with Crippen molar-refractivity contribution in [2.24, 2.45) is 11.8 Å². The molecule has 2 fully saturated rings. The summed E-state index contributed by atoms with van der Waals surface area (Å²) < 4.78 is 11.4. The van der Waals surface area contributed by atoms with Crippen molar-refractivity contribution in [3.05, 3.63) is 24.2 Å². The Morgan fingerprint density at radius 2 is 2.35 bits per heavy atom. The highest BCUT2D eigenvalue weighted by molar-refractivity contribution is 5.08. The third-order valence-corrected chi connectivity index (χ3v) is 4.30. The normalized spacial score (nSPS) is 28.9. The van der Waals surface area contributed by atoms with Crippen LogP contribution in [0.5, 0.6) is 0 Å². The van der Waals surface area contributed by atoms with Gasteiger partial charge in [-0.05, 0) is 50.2 Å². The molecule has 0 aromatic carbocycles. The lowest BCUT2D eigenvalue weighted by atomic mass is 9.70. The van der Waals surface area contributed by atoms with Gasteiger partial charge in [-0.15, -0.1) is 0 Å². The summed E-state index contributed by atoms with van der Waals surface area (Å²) in [5.41, 5.74) is 3.07. The summed E-state index contributed by atoms with van der Waals surface area (Å²) in [5.74, 6) is 7.14. The van der Waals surface area contributed by atoms with E-state index in [0.717, 1.165) is 25.2 Å². The molecule has 94 valence electrons. The maximum atomic E-state index is 5.94. The summed E-state index contributed by atoms with van der Waals surface area (Å²) in [6.45, 7) is 0.851. The Morgan fingerprint density at radius 3 is 2.94 bits per heavy atom. The van der Waals surface area contributed by atoms with Crippen LogP contribution in [0.3, 0.4) is 0 Å². The third kappa shape index (κ3) is 2.01. The minimum atomic E-state index is 0.117. The molecule has 2 heterocycles. The first kappa shape index (κ1) is 11.3. The SMILES string of the molecule is NNC(c1ccco1)C1CCOC2(CCC2)C1. The van der Waals surface area contributed by atoms with Crippen LogP contribution in [0.2, 0.25) is 0 Å². The molecule has 1 aliphatic carbocycles. The highest BCUT2D eigenvalue weighted by Gasteiger charge is 2.44. The van der Waals surface area contributed by atoms with Gasteiger partial charge >= 0.3 is 0 Å². The van der Waals surface area contributed by atoms with Crippen LogP contribution in [0.15, 0.2) is 22.8 Å². The summed E-state index contributed by atoms with van der Waals surface area (Å²) >= 11 is 0. The second kappa shape index (κ2) is 4.44. The molecule has 2 atom stereocenters. The molecule has 2 unspecified atom stereocenters. The summed E-state index contributed by atoms with van der Waals surface area (Å²) in [5, 5.41) is 0. The lowest BCUT2D eigenvalue weighted by molar-refractivity contribution is -0.148. The minimum absolute atomic E-state index is 0.117. The number of hydrogen-bond acceptors (Lipinski definition) is 4. The van der Waals surface area contributed by atoms with Crippen molar-refractivity contribution in [2.75, 3.05) is 6.61 Å². The van der Waals surface area contributed by atoms with Crippen molar-refractivity contribution < 1.29 is 9.15 Å². The summed E-state index contributed by atoms with van der Waals surface area (Å²) in [7, 11) is 0. The van der Waals surface area contributed by atoms with Gasteiger partial charge < -0.3 is 9.15 Å². The van der Waals surface area contributed by atoms with Gasteiger partial charge in [0.1, 0.15) is 5.76 Å². The maximum Gasteiger partial charge on any atom is 0.122 e. The molecule has 17 heavy (non-hydrogen) atoms. The van der Waals surface area contributed by atoms with Gasteiger partial charge in [0.05, 0.1) is 17.9 Å². The monoisotopic (exact) mass is 236 g/mol. The highest BCUT2D eigenvalue weighted by atomic mass is 16.5. The van der Waals surface area contributed by atoms with Gasteiger partial charge in [-0.2, -0.15) is 0 Å². The largest absolute Gasteiger partial charge is 0.468 e. The van der Waals surface area contributed by atoms with Crippen LogP contribution in [0, 0.1) is 5.92 Å². The average Bonchev–Trinajstić information content (AvgIpc) is 2.82. The van der Waals surface area contributed by atoms with Gasteiger partial charge in [-0.25, -0.2) is 5.43 Å². The van der Waals surface area contributed by atoms with Gasteiger partial charge in [-0.1, -0.05) is 0 Å². The summed E-state index contributed by atoms with van der Waals surface area (Å²) in [6, 6.07) is 4.03. The van der Waals surface area contributed by atoms with E-state index in [9.17, 15) is 0 Å². The van der Waals surface area contributed by atoms with E-state index in [2.05, 4.69) is 5.43 Å². The molecular formula is C13H20N2O2. The van der Waals surface area contributed by atoms with Crippen LogP contribution in [0.4, 0.5) is 0 Å². The Kier molecular flexibility index (Phi) is 2.94. The second-order valence-electron chi connectivity index (χ2n) is 5.30. The standard InChI is InChI=1S/C13H20N2O2/c14-15-12(11-3-1-7-16-11)10-4-8-17-13(9-10)5-2-6-13/h1,3,7,10,12,15H,2,4-6,8-9,14H2. The fraction of sp³-hybridized carbons (Fsp3) is 0.692. The Hall–Kier alpha value is -0.840. The molecule has 3 rings (SSSR count). The molecule has 4 nitrogen and oxygen atoms in total. The zero-order valence-corrected chi connectivity index (χ0v) is 10.0. The number of furan rings is 1. The van der Waals surface area contributed by atoms with Crippen molar-refractivity contribution in [2.45, 2.75) is 43.7 Å². The molecule has 1 aromatic rings. The van der Waals surface area contributed by atoms with Gasteiger partial charge in [0, 0.05) is 6.61 Å². The topological polar surface area (TPSA) is 60.4 Å². The Morgan fingerprint density at radius 1 is 1.47 bits per heavy atom. The van der Waals surface area contributed by atoms with E-state index in [1.54, 1.807) is 6.26 Å². The first-order valence-electron chi connectivity index (χ1n) is 6.46. The first-order valence-corrected chi connectivity index (χ1v) is 6.46. The molecule has 2 aliphatic rings. The van der Waals surface area contributed by atoms with Crippen LogP contribution in [0.25, 0.3) is 0 Å². The number of nitrogens with one attached hydrogen (secondary N) is 1. The van der Waals surface area contributed by atoms with Crippen LogP contribution in [-0.4, -0.2) is 12.2 Å². The molecule has 0 amide bonds. The van der Waals surface area contributed by atoms with E-state index in [1.165, 1.54) is 19.3 Å². The molecule has 1 spiro atoms. The fourth-order valence-electron chi connectivity index (χ4n) is 3.19. The molecular weight excluding hydrogens is 216 g/mol. The minimum Gasteiger partial charge on any atom is -0.468 e. The van der Waals surface area contributed by atoms with E-state index in [1.807, 2.05) is 12.1 Å².